The molecule has 1 aromatic carbocycles. The van der Waals surface area contributed by atoms with E-state index in [2.05, 4.69) is 9.47 Å². The van der Waals surface area contributed by atoms with Gasteiger partial charge in [0.25, 0.3) is 0 Å². The number of benzene rings is 1. The molecular formula is C15H18O7. The molecule has 7 nitrogen and oxygen atoms in total. The normalized spacial score (nSPS) is 11.2. The summed E-state index contributed by atoms with van der Waals surface area (Å²) in [5.41, 5.74) is 0.687. The van der Waals surface area contributed by atoms with Gasteiger partial charge in [-0.25, -0.2) is 4.79 Å². The first kappa shape index (κ1) is 17.5. The van der Waals surface area contributed by atoms with Gasteiger partial charge >= 0.3 is 17.9 Å². The fourth-order valence-corrected chi connectivity index (χ4v) is 1.65. The van der Waals surface area contributed by atoms with Gasteiger partial charge in [0.1, 0.15) is 5.75 Å². The molecule has 0 unspecified atom stereocenters. The minimum atomic E-state index is -1.32. The Labute approximate surface area is 128 Å². The van der Waals surface area contributed by atoms with E-state index in [0.717, 1.165) is 7.11 Å². The molecule has 0 aliphatic heterocycles. The lowest BCUT2D eigenvalue weighted by Gasteiger charge is -2.14. The third-order valence-electron chi connectivity index (χ3n) is 2.83. The fourth-order valence-electron chi connectivity index (χ4n) is 1.65. The topological polar surface area (TPSA) is 88.1 Å². The SMILES string of the molecule is COC(=O)C[C@@H](OC(=O)Cc1ccc(OC)cc1)C(=O)OC. The summed E-state index contributed by atoms with van der Waals surface area (Å²) in [5, 5.41) is 0. The Bertz CT molecular complexity index is 521. The number of ether oxygens (including phenoxy) is 4. The molecule has 0 saturated heterocycles. The smallest absolute Gasteiger partial charge is 0.347 e. The van der Waals surface area contributed by atoms with Gasteiger partial charge in [-0.2, -0.15) is 0 Å². The maximum atomic E-state index is 11.9. The summed E-state index contributed by atoms with van der Waals surface area (Å²) in [6.07, 6.45) is -1.75. The Morgan fingerprint density at radius 3 is 2.09 bits per heavy atom. The van der Waals surface area contributed by atoms with Gasteiger partial charge in [0.2, 0.25) is 6.10 Å². The predicted molar refractivity (Wildman–Crippen MR) is 75.2 cm³/mol. The monoisotopic (exact) mass is 310 g/mol. The van der Waals surface area contributed by atoms with Gasteiger partial charge in [0.05, 0.1) is 34.2 Å². The van der Waals surface area contributed by atoms with E-state index in [0.29, 0.717) is 11.3 Å². The van der Waals surface area contributed by atoms with Crippen LogP contribution in [0.4, 0.5) is 0 Å². The second-order valence-electron chi connectivity index (χ2n) is 4.31. The Morgan fingerprint density at radius 2 is 1.59 bits per heavy atom. The highest BCUT2D eigenvalue weighted by molar-refractivity contribution is 5.84. The van der Waals surface area contributed by atoms with Crippen LogP contribution in [-0.2, 0) is 35.0 Å². The van der Waals surface area contributed by atoms with Gasteiger partial charge in [0, 0.05) is 0 Å². The van der Waals surface area contributed by atoms with Crippen molar-refractivity contribution in [2.45, 2.75) is 18.9 Å². The van der Waals surface area contributed by atoms with Crippen molar-refractivity contribution in [1.29, 1.82) is 0 Å². The third kappa shape index (κ3) is 5.43. The lowest BCUT2D eigenvalue weighted by molar-refractivity contribution is -0.169. The van der Waals surface area contributed by atoms with E-state index >= 15 is 0 Å². The van der Waals surface area contributed by atoms with E-state index in [1.165, 1.54) is 14.2 Å². The van der Waals surface area contributed by atoms with E-state index in [9.17, 15) is 14.4 Å². The molecule has 120 valence electrons. The first-order chi connectivity index (χ1) is 10.5. The molecular weight excluding hydrogens is 292 g/mol. The summed E-state index contributed by atoms with van der Waals surface area (Å²) in [6, 6.07) is 6.81. The van der Waals surface area contributed by atoms with Gasteiger partial charge in [-0.1, -0.05) is 12.1 Å². The second-order valence-corrected chi connectivity index (χ2v) is 4.31. The van der Waals surface area contributed by atoms with Crippen molar-refractivity contribution in [1.82, 2.24) is 0 Å². The third-order valence-corrected chi connectivity index (χ3v) is 2.83. The fraction of sp³-hybridized carbons (Fsp3) is 0.400. The molecule has 0 heterocycles. The molecule has 22 heavy (non-hydrogen) atoms. The Hall–Kier alpha value is -2.57. The van der Waals surface area contributed by atoms with Crippen LogP contribution in [-0.4, -0.2) is 45.3 Å². The average molecular weight is 310 g/mol. The molecule has 0 saturated carbocycles. The lowest BCUT2D eigenvalue weighted by atomic mass is 10.1. The quantitative estimate of drug-likeness (QED) is 0.545. The zero-order valence-corrected chi connectivity index (χ0v) is 12.7. The molecule has 0 aliphatic carbocycles. The van der Waals surface area contributed by atoms with Crippen molar-refractivity contribution in [2.24, 2.45) is 0 Å². The van der Waals surface area contributed by atoms with Crippen LogP contribution in [0.2, 0.25) is 0 Å². The van der Waals surface area contributed by atoms with Crippen LogP contribution < -0.4 is 4.74 Å². The zero-order valence-electron chi connectivity index (χ0n) is 12.7. The van der Waals surface area contributed by atoms with E-state index < -0.39 is 30.4 Å². The molecule has 0 bridgehead atoms. The molecule has 1 atom stereocenters. The molecule has 0 fully saturated rings. The largest absolute Gasteiger partial charge is 0.497 e. The average Bonchev–Trinajstić information content (AvgIpc) is 2.53. The number of rotatable bonds is 7. The number of hydrogen-bond donors (Lipinski definition) is 0. The predicted octanol–water partition coefficient (Wildman–Crippen LogP) is 0.886. The summed E-state index contributed by atoms with van der Waals surface area (Å²) in [6.45, 7) is 0. The summed E-state index contributed by atoms with van der Waals surface area (Å²) in [5.74, 6) is -1.47. The van der Waals surface area contributed by atoms with E-state index in [1.807, 2.05) is 0 Å². The maximum absolute atomic E-state index is 11.9. The van der Waals surface area contributed by atoms with Crippen molar-refractivity contribution in [3.63, 3.8) is 0 Å². The highest BCUT2D eigenvalue weighted by Gasteiger charge is 2.27. The van der Waals surface area contributed by atoms with E-state index in [4.69, 9.17) is 9.47 Å². The Morgan fingerprint density at radius 1 is 0.955 bits per heavy atom. The van der Waals surface area contributed by atoms with Crippen LogP contribution in [0.15, 0.2) is 24.3 Å². The molecule has 0 amide bonds. The maximum Gasteiger partial charge on any atom is 0.347 e. The first-order valence-electron chi connectivity index (χ1n) is 6.47. The first-order valence-corrected chi connectivity index (χ1v) is 6.47. The van der Waals surface area contributed by atoms with E-state index in [-0.39, 0.29) is 6.42 Å². The van der Waals surface area contributed by atoms with Crippen molar-refractivity contribution in [3.05, 3.63) is 29.8 Å². The molecule has 0 N–H and O–H groups in total. The van der Waals surface area contributed by atoms with E-state index in [1.54, 1.807) is 24.3 Å². The van der Waals surface area contributed by atoms with Gasteiger partial charge in [-0.3, -0.25) is 9.59 Å². The minimum absolute atomic E-state index is 0.0430. The zero-order chi connectivity index (χ0) is 16.5. The molecule has 0 aromatic heterocycles. The van der Waals surface area contributed by atoms with Crippen LogP contribution in [0.3, 0.4) is 0 Å². The Balaban J connectivity index is 2.65. The van der Waals surface area contributed by atoms with Crippen LogP contribution in [0.5, 0.6) is 5.75 Å². The van der Waals surface area contributed by atoms with Crippen molar-refractivity contribution in [3.8, 4) is 5.75 Å². The molecule has 0 aliphatic rings. The van der Waals surface area contributed by atoms with Crippen molar-refractivity contribution < 1.29 is 33.3 Å². The lowest BCUT2D eigenvalue weighted by Crippen LogP contribution is -2.31. The number of carbonyl (C=O) groups is 3. The van der Waals surface area contributed by atoms with Crippen LogP contribution >= 0.6 is 0 Å². The Kier molecular flexibility index (Phi) is 6.88. The highest BCUT2D eigenvalue weighted by Crippen LogP contribution is 2.13. The molecule has 0 radical (unpaired) electrons. The summed E-state index contributed by atoms with van der Waals surface area (Å²) in [7, 11) is 3.86. The van der Waals surface area contributed by atoms with Crippen LogP contribution in [0.25, 0.3) is 0 Å². The number of esters is 3. The van der Waals surface area contributed by atoms with Gasteiger partial charge in [-0.05, 0) is 17.7 Å². The molecule has 1 aromatic rings. The van der Waals surface area contributed by atoms with Crippen LogP contribution in [0, 0.1) is 0 Å². The highest BCUT2D eigenvalue weighted by atomic mass is 16.6. The molecule has 0 spiro atoms. The molecule has 7 heteroatoms. The van der Waals surface area contributed by atoms with Gasteiger partial charge in [-0.15, -0.1) is 0 Å². The molecule has 1 rings (SSSR count). The standard InChI is InChI=1S/C15H18O7/c1-19-11-6-4-10(5-7-11)8-14(17)22-12(15(18)21-3)9-13(16)20-2/h4-7,12H,8-9H2,1-3H3/t12-/m1/s1. The number of methoxy groups -OCH3 is 3. The summed E-state index contributed by atoms with van der Waals surface area (Å²) >= 11 is 0. The van der Waals surface area contributed by atoms with Gasteiger partial charge in [0.15, 0.2) is 0 Å². The number of hydrogen-bond acceptors (Lipinski definition) is 7. The number of carbonyl (C=O) groups excluding carboxylic acids is 3. The minimum Gasteiger partial charge on any atom is -0.497 e. The van der Waals surface area contributed by atoms with Crippen molar-refractivity contribution >= 4 is 17.9 Å². The van der Waals surface area contributed by atoms with Crippen molar-refractivity contribution in [2.75, 3.05) is 21.3 Å². The van der Waals surface area contributed by atoms with Gasteiger partial charge < -0.3 is 18.9 Å². The summed E-state index contributed by atoms with van der Waals surface area (Å²) < 4.78 is 19.0. The van der Waals surface area contributed by atoms with Crippen LogP contribution in [0.1, 0.15) is 12.0 Å². The summed E-state index contributed by atoms with van der Waals surface area (Å²) in [4.78, 5) is 34.6. The second kappa shape index (κ2) is 8.66.